The van der Waals surface area contributed by atoms with Crippen molar-refractivity contribution >= 4 is 18.1 Å². The molecule has 0 radical (unpaired) electrons. The molecule has 1 aliphatic carbocycles. The first-order chi connectivity index (χ1) is 9.94. The van der Waals surface area contributed by atoms with Crippen molar-refractivity contribution in [2.75, 3.05) is 6.26 Å². The van der Waals surface area contributed by atoms with Crippen molar-refractivity contribution in [2.45, 2.75) is 82.3 Å². The highest BCUT2D eigenvalue weighted by atomic mass is 32.2. The van der Waals surface area contributed by atoms with Gasteiger partial charge in [-0.05, 0) is 6.42 Å². The Balaban J connectivity index is 3.26. The van der Waals surface area contributed by atoms with E-state index in [9.17, 15) is 13.5 Å². The second kappa shape index (κ2) is 7.15. The molecule has 0 aromatic heterocycles. The molecule has 3 atom stereocenters. The molecule has 4 nitrogen and oxygen atoms in total. The molecule has 0 spiro atoms. The molecule has 0 bridgehead atoms. The Bertz CT molecular complexity index is 478. The summed E-state index contributed by atoms with van der Waals surface area (Å²) in [6.07, 6.45) is 5.29. The molecule has 0 aliphatic heterocycles. The topological polar surface area (TPSA) is 66.4 Å². The van der Waals surface area contributed by atoms with E-state index in [1.54, 1.807) is 0 Å². The SMILES string of the molecule is CC(C)[Si](C(C)C)(C(C)C)[C@H]1C=CC[C@H](NS(C)(=O)=O)[C@@H]1O. The zero-order valence-electron chi connectivity index (χ0n) is 15.0. The van der Waals surface area contributed by atoms with Gasteiger partial charge in [0.15, 0.2) is 0 Å². The smallest absolute Gasteiger partial charge is 0.209 e. The Labute approximate surface area is 137 Å². The van der Waals surface area contributed by atoms with Crippen LogP contribution in [0.5, 0.6) is 0 Å². The lowest BCUT2D eigenvalue weighted by Gasteiger charge is -2.51. The Morgan fingerprint density at radius 1 is 1.09 bits per heavy atom. The third-order valence-corrected chi connectivity index (χ3v) is 13.9. The highest BCUT2D eigenvalue weighted by Crippen LogP contribution is 2.52. The van der Waals surface area contributed by atoms with E-state index < -0.39 is 30.2 Å². The summed E-state index contributed by atoms with van der Waals surface area (Å²) in [6, 6.07) is -0.409. The molecule has 130 valence electrons. The van der Waals surface area contributed by atoms with Crippen LogP contribution in [0.3, 0.4) is 0 Å². The van der Waals surface area contributed by atoms with Crippen LogP contribution in [-0.2, 0) is 10.0 Å². The first-order valence-electron chi connectivity index (χ1n) is 8.26. The normalized spacial score (nSPS) is 27.1. The maximum atomic E-state index is 11.6. The lowest BCUT2D eigenvalue weighted by Crippen LogP contribution is -2.57. The first kappa shape index (κ1) is 19.9. The van der Waals surface area contributed by atoms with Gasteiger partial charge in [0.1, 0.15) is 0 Å². The van der Waals surface area contributed by atoms with E-state index in [4.69, 9.17) is 0 Å². The number of sulfonamides is 1. The quantitative estimate of drug-likeness (QED) is 0.572. The molecule has 0 fully saturated rings. The van der Waals surface area contributed by atoms with Crippen LogP contribution in [0.15, 0.2) is 12.2 Å². The van der Waals surface area contributed by atoms with E-state index in [1.807, 2.05) is 0 Å². The van der Waals surface area contributed by atoms with Crippen molar-refractivity contribution in [2.24, 2.45) is 0 Å². The van der Waals surface area contributed by atoms with Gasteiger partial charge in [-0.25, -0.2) is 13.1 Å². The predicted octanol–water partition coefficient (Wildman–Crippen LogP) is 3.27. The Hall–Kier alpha value is -0.173. The van der Waals surface area contributed by atoms with Gasteiger partial charge >= 0.3 is 0 Å². The molecular formula is C16H33NO3SSi. The fraction of sp³-hybridized carbons (Fsp3) is 0.875. The van der Waals surface area contributed by atoms with Crippen molar-refractivity contribution in [3.05, 3.63) is 12.2 Å². The average molecular weight is 348 g/mol. The molecular weight excluding hydrogens is 314 g/mol. The Morgan fingerprint density at radius 2 is 1.55 bits per heavy atom. The zero-order chi connectivity index (χ0) is 17.3. The molecule has 6 heteroatoms. The number of hydrogen-bond acceptors (Lipinski definition) is 3. The van der Waals surface area contributed by atoms with E-state index in [0.717, 1.165) is 6.26 Å². The second-order valence-corrected chi connectivity index (χ2v) is 15.6. The molecule has 1 aliphatic rings. The summed E-state index contributed by atoms with van der Waals surface area (Å²) < 4.78 is 25.8. The monoisotopic (exact) mass is 347 g/mol. The van der Waals surface area contributed by atoms with Crippen LogP contribution in [0.2, 0.25) is 22.2 Å². The van der Waals surface area contributed by atoms with Gasteiger partial charge in [0.25, 0.3) is 0 Å². The summed E-state index contributed by atoms with van der Waals surface area (Å²) in [7, 11) is -5.19. The first-order valence-corrected chi connectivity index (χ1v) is 12.5. The van der Waals surface area contributed by atoms with E-state index in [1.165, 1.54) is 0 Å². The summed E-state index contributed by atoms with van der Waals surface area (Å²) in [6.45, 7) is 13.6. The maximum absolute atomic E-state index is 11.6. The second-order valence-electron chi connectivity index (χ2n) is 7.64. The minimum Gasteiger partial charge on any atom is -0.391 e. The highest BCUT2D eigenvalue weighted by molar-refractivity contribution is 7.88. The van der Waals surface area contributed by atoms with Gasteiger partial charge in [0.05, 0.1) is 26.5 Å². The number of rotatable bonds is 6. The predicted molar refractivity (Wildman–Crippen MR) is 96.3 cm³/mol. The number of nitrogens with one attached hydrogen (secondary N) is 1. The van der Waals surface area contributed by atoms with Crippen LogP contribution in [0.4, 0.5) is 0 Å². The van der Waals surface area contributed by atoms with Crippen LogP contribution < -0.4 is 4.72 Å². The van der Waals surface area contributed by atoms with Crippen LogP contribution in [0.25, 0.3) is 0 Å². The Morgan fingerprint density at radius 3 is 1.91 bits per heavy atom. The van der Waals surface area contributed by atoms with Gasteiger partial charge in [0.2, 0.25) is 10.0 Å². The lowest BCUT2D eigenvalue weighted by atomic mass is 9.99. The van der Waals surface area contributed by atoms with Crippen molar-refractivity contribution in [1.82, 2.24) is 4.72 Å². The third-order valence-electron chi connectivity index (χ3n) is 5.46. The molecule has 0 heterocycles. The largest absolute Gasteiger partial charge is 0.391 e. The fourth-order valence-corrected chi connectivity index (χ4v) is 13.3. The lowest BCUT2D eigenvalue weighted by molar-refractivity contribution is 0.132. The summed E-state index contributed by atoms with van der Waals surface area (Å²) in [4.78, 5) is 0. The highest BCUT2D eigenvalue weighted by Gasteiger charge is 2.52. The van der Waals surface area contributed by atoms with Crippen molar-refractivity contribution < 1.29 is 13.5 Å². The van der Waals surface area contributed by atoms with E-state index >= 15 is 0 Å². The maximum Gasteiger partial charge on any atom is 0.209 e. The van der Waals surface area contributed by atoms with Crippen LogP contribution in [0.1, 0.15) is 48.0 Å². The van der Waals surface area contributed by atoms with Gasteiger partial charge in [-0.3, -0.25) is 0 Å². The van der Waals surface area contributed by atoms with Gasteiger partial charge in [-0.1, -0.05) is 70.3 Å². The van der Waals surface area contributed by atoms with E-state index in [-0.39, 0.29) is 5.54 Å². The average Bonchev–Trinajstić information content (AvgIpc) is 2.31. The van der Waals surface area contributed by atoms with Gasteiger partial charge < -0.3 is 5.11 Å². The molecule has 0 saturated heterocycles. The minimum absolute atomic E-state index is 0.0838. The molecule has 0 saturated carbocycles. The summed E-state index contributed by atoms with van der Waals surface area (Å²) >= 11 is 0. The number of hydrogen-bond donors (Lipinski definition) is 2. The summed E-state index contributed by atoms with van der Waals surface area (Å²) in [5.74, 6) is 0. The van der Waals surface area contributed by atoms with Crippen molar-refractivity contribution in [3.63, 3.8) is 0 Å². The molecule has 0 amide bonds. The standard InChI is InChI=1S/C16H33NO3SSi/c1-11(2)22(12(3)4,13(5)6)15-10-8-9-14(16(15)18)17-21(7,19)20/h8,10-18H,9H2,1-7H3/t14-,15-,16-/m0/s1. The Kier molecular flexibility index (Phi) is 6.46. The van der Waals surface area contributed by atoms with E-state index in [0.29, 0.717) is 23.0 Å². The molecule has 0 aromatic carbocycles. The molecule has 0 aromatic rings. The van der Waals surface area contributed by atoms with Crippen LogP contribution in [0, 0.1) is 0 Å². The van der Waals surface area contributed by atoms with Crippen molar-refractivity contribution in [1.29, 1.82) is 0 Å². The van der Waals surface area contributed by atoms with Gasteiger partial charge in [0, 0.05) is 5.54 Å². The summed E-state index contributed by atoms with van der Waals surface area (Å²) in [5.41, 5.74) is 1.65. The molecule has 2 N–H and O–H groups in total. The molecule has 1 rings (SSSR count). The molecule has 0 unspecified atom stereocenters. The fourth-order valence-electron chi connectivity index (χ4n) is 4.89. The number of aliphatic hydroxyl groups excluding tert-OH is 1. The van der Waals surface area contributed by atoms with Gasteiger partial charge in [-0.15, -0.1) is 0 Å². The minimum atomic E-state index is -3.31. The summed E-state index contributed by atoms with van der Waals surface area (Å²) in [5, 5.41) is 10.9. The third kappa shape index (κ3) is 3.83. The van der Waals surface area contributed by atoms with Crippen LogP contribution >= 0.6 is 0 Å². The van der Waals surface area contributed by atoms with Crippen LogP contribution in [-0.4, -0.2) is 40.0 Å². The van der Waals surface area contributed by atoms with Crippen molar-refractivity contribution in [3.8, 4) is 0 Å². The number of aliphatic hydroxyl groups is 1. The van der Waals surface area contributed by atoms with E-state index in [2.05, 4.69) is 58.4 Å². The molecule has 22 heavy (non-hydrogen) atoms. The van der Waals surface area contributed by atoms with Gasteiger partial charge in [-0.2, -0.15) is 0 Å². The zero-order valence-corrected chi connectivity index (χ0v) is 16.8.